The topological polar surface area (TPSA) is 6.48 Å². The lowest BCUT2D eigenvalue weighted by atomic mass is 10.1. The maximum absolute atomic E-state index is 2.53. The van der Waals surface area contributed by atoms with Crippen LogP contribution in [0.25, 0.3) is 0 Å². The SMILES string of the molecule is CCCCCCCCCCN1C=CN(CCCCCCC)C1C. The molecule has 0 fully saturated rings. The number of hydrogen-bond acceptors (Lipinski definition) is 2. The molecule has 0 amide bonds. The van der Waals surface area contributed by atoms with E-state index in [2.05, 4.69) is 43.0 Å². The Hall–Kier alpha value is -0.660. The smallest absolute Gasteiger partial charge is 0.0977 e. The highest BCUT2D eigenvalue weighted by molar-refractivity contribution is 4.95. The second-order valence-corrected chi connectivity index (χ2v) is 7.29. The average Bonchev–Trinajstić information content (AvgIpc) is 2.90. The zero-order chi connectivity index (χ0) is 16.8. The number of unbranched alkanes of at least 4 members (excludes halogenated alkanes) is 11. The van der Waals surface area contributed by atoms with Gasteiger partial charge in [0.1, 0.15) is 0 Å². The minimum atomic E-state index is 0.575. The first kappa shape index (κ1) is 20.4. The van der Waals surface area contributed by atoms with Crippen molar-refractivity contribution in [1.29, 1.82) is 0 Å². The monoisotopic (exact) mass is 322 g/mol. The van der Waals surface area contributed by atoms with E-state index in [1.807, 2.05) is 0 Å². The summed E-state index contributed by atoms with van der Waals surface area (Å²) < 4.78 is 0. The molecule has 0 saturated carbocycles. The highest BCUT2D eigenvalue weighted by Gasteiger charge is 2.20. The lowest BCUT2D eigenvalue weighted by Crippen LogP contribution is -2.36. The van der Waals surface area contributed by atoms with Crippen molar-refractivity contribution < 1.29 is 0 Å². The van der Waals surface area contributed by atoms with E-state index in [9.17, 15) is 0 Å². The van der Waals surface area contributed by atoms with E-state index in [0.29, 0.717) is 6.17 Å². The van der Waals surface area contributed by atoms with Crippen molar-refractivity contribution in [3.8, 4) is 0 Å². The van der Waals surface area contributed by atoms with Crippen molar-refractivity contribution in [3.05, 3.63) is 12.4 Å². The molecule has 0 aliphatic carbocycles. The first-order valence-corrected chi connectivity index (χ1v) is 10.5. The van der Waals surface area contributed by atoms with Gasteiger partial charge in [-0.3, -0.25) is 0 Å². The molecule has 1 atom stereocenters. The van der Waals surface area contributed by atoms with Gasteiger partial charge in [0.15, 0.2) is 0 Å². The third-order valence-electron chi connectivity index (χ3n) is 5.20. The van der Waals surface area contributed by atoms with Crippen LogP contribution in [0, 0.1) is 0 Å². The zero-order valence-electron chi connectivity index (χ0n) is 16.2. The van der Waals surface area contributed by atoms with Gasteiger partial charge in [0.2, 0.25) is 0 Å². The summed E-state index contributed by atoms with van der Waals surface area (Å²) in [5.41, 5.74) is 0. The lowest BCUT2D eigenvalue weighted by molar-refractivity contribution is 0.165. The number of hydrogen-bond donors (Lipinski definition) is 0. The molecule has 0 N–H and O–H groups in total. The van der Waals surface area contributed by atoms with Crippen LogP contribution >= 0.6 is 0 Å². The zero-order valence-corrected chi connectivity index (χ0v) is 16.2. The second kappa shape index (κ2) is 13.7. The maximum Gasteiger partial charge on any atom is 0.0977 e. The van der Waals surface area contributed by atoms with Crippen LogP contribution < -0.4 is 0 Å². The van der Waals surface area contributed by atoms with E-state index in [0.717, 1.165) is 0 Å². The molecule has 0 saturated heterocycles. The van der Waals surface area contributed by atoms with Crippen LogP contribution in [-0.2, 0) is 0 Å². The van der Waals surface area contributed by atoms with Crippen molar-refractivity contribution in [2.45, 2.75) is 110 Å². The van der Waals surface area contributed by atoms with Gasteiger partial charge in [-0.2, -0.15) is 0 Å². The van der Waals surface area contributed by atoms with E-state index in [1.165, 1.54) is 96.6 Å². The molecular formula is C21H42N2. The first-order valence-electron chi connectivity index (χ1n) is 10.5. The summed E-state index contributed by atoms with van der Waals surface area (Å²) in [5.74, 6) is 0. The third-order valence-corrected chi connectivity index (χ3v) is 5.20. The Bertz CT molecular complexity index is 288. The van der Waals surface area contributed by atoms with Gasteiger partial charge in [0, 0.05) is 25.5 Å². The molecule has 1 rings (SSSR count). The largest absolute Gasteiger partial charge is 0.356 e. The predicted molar refractivity (Wildman–Crippen MR) is 103 cm³/mol. The van der Waals surface area contributed by atoms with E-state index in [1.54, 1.807) is 0 Å². The quantitative estimate of drug-likeness (QED) is 0.316. The second-order valence-electron chi connectivity index (χ2n) is 7.29. The van der Waals surface area contributed by atoms with Gasteiger partial charge in [-0.25, -0.2) is 0 Å². The van der Waals surface area contributed by atoms with E-state index < -0.39 is 0 Å². The highest BCUT2D eigenvalue weighted by Crippen LogP contribution is 2.18. The number of nitrogens with zero attached hydrogens (tertiary/aromatic N) is 2. The fraction of sp³-hybridized carbons (Fsp3) is 0.905. The summed E-state index contributed by atoms with van der Waals surface area (Å²) in [4.78, 5) is 5.06. The van der Waals surface area contributed by atoms with Gasteiger partial charge >= 0.3 is 0 Å². The van der Waals surface area contributed by atoms with Crippen molar-refractivity contribution in [2.24, 2.45) is 0 Å². The number of rotatable bonds is 15. The van der Waals surface area contributed by atoms with Crippen LogP contribution in [0.15, 0.2) is 12.4 Å². The summed E-state index contributed by atoms with van der Waals surface area (Å²) in [6.45, 7) is 9.40. The van der Waals surface area contributed by atoms with Crippen LogP contribution in [0.3, 0.4) is 0 Å². The van der Waals surface area contributed by atoms with Gasteiger partial charge in [-0.1, -0.05) is 84.5 Å². The molecule has 1 aliphatic rings. The van der Waals surface area contributed by atoms with Crippen LogP contribution in [0.5, 0.6) is 0 Å². The van der Waals surface area contributed by atoms with Crippen LogP contribution in [0.1, 0.15) is 104 Å². The van der Waals surface area contributed by atoms with Gasteiger partial charge in [-0.05, 0) is 19.8 Å². The molecule has 2 nitrogen and oxygen atoms in total. The van der Waals surface area contributed by atoms with Gasteiger partial charge < -0.3 is 9.80 Å². The third kappa shape index (κ3) is 9.27. The summed E-state index contributed by atoms with van der Waals surface area (Å²) in [6.07, 6.45) is 23.4. The van der Waals surface area contributed by atoms with Crippen LogP contribution in [-0.4, -0.2) is 29.1 Å². The van der Waals surface area contributed by atoms with Crippen molar-refractivity contribution in [1.82, 2.24) is 9.80 Å². The Kier molecular flexibility index (Phi) is 12.2. The molecule has 0 radical (unpaired) electrons. The Morgan fingerprint density at radius 1 is 0.565 bits per heavy atom. The normalized spacial score (nSPS) is 17.4. The summed E-state index contributed by atoms with van der Waals surface area (Å²) in [6, 6.07) is 0. The van der Waals surface area contributed by atoms with Crippen molar-refractivity contribution >= 4 is 0 Å². The predicted octanol–water partition coefficient (Wildman–Crippen LogP) is 6.53. The van der Waals surface area contributed by atoms with Gasteiger partial charge in [0.25, 0.3) is 0 Å². The molecule has 23 heavy (non-hydrogen) atoms. The Morgan fingerprint density at radius 2 is 0.913 bits per heavy atom. The Morgan fingerprint density at radius 3 is 1.30 bits per heavy atom. The van der Waals surface area contributed by atoms with Crippen LogP contribution in [0.2, 0.25) is 0 Å². The Balaban J connectivity index is 1.98. The minimum Gasteiger partial charge on any atom is -0.356 e. The molecule has 136 valence electrons. The van der Waals surface area contributed by atoms with E-state index >= 15 is 0 Å². The van der Waals surface area contributed by atoms with Crippen molar-refractivity contribution in [2.75, 3.05) is 13.1 Å². The highest BCUT2D eigenvalue weighted by atomic mass is 15.4. The van der Waals surface area contributed by atoms with Gasteiger partial charge in [-0.15, -0.1) is 0 Å². The fourth-order valence-corrected chi connectivity index (χ4v) is 3.46. The maximum atomic E-state index is 2.53. The summed E-state index contributed by atoms with van der Waals surface area (Å²) in [7, 11) is 0. The molecule has 0 aromatic carbocycles. The first-order chi connectivity index (χ1) is 11.3. The molecular weight excluding hydrogens is 280 g/mol. The minimum absolute atomic E-state index is 0.575. The van der Waals surface area contributed by atoms with E-state index in [4.69, 9.17) is 0 Å². The fourth-order valence-electron chi connectivity index (χ4n) is 3.46. The standard InChI is InChI=1S/C21H42N2/c1-4-6-8-10-11-12-14-16-18-23-20-19-22(21(23)3)17-15-13-9-7-5-2/h19-21H,4-18H2,1-3H3. The van der Waals surface area contributed by atoms with Crippen molar-refractivity contribution in [3.63, 3.8) is 0 Å². The molecule has 0 aromatic rings. The molecule has 0 spiro atoms. The Labute approximate surface area is 146 Å². The lowest BCUT2D eigenvalue weighted by Gasteiger charge is -2.30. The molecule has 0 bridgehead atoms. The van der Waals surface area contributed by atoms with Crippen LogP contribution in [0.4, 0.5) is 0 Å². The molecule has 2 heteroatoms. The van der Waals surface area contributed by atoms with E-state index in [-0.39, 0.29) is 0 Å². The molecule has 0 aromatic heterocycles. The summed E-state index contributed by atoms with van der Waals surface area (Å²) in [5, 5.41) is 0. The molecule has 1 heterocycles. The average molecular weight is 323 g/mol. The molecule has 1 unspecified atom stereocenters. The molecule has 1 aliphatic heterocycles. The summed E-state index contributed by atoms with van der Waals surface area (Å²) >= 11 is 0. The van der Waals surface area contributed by atoms with Gasteiger partial charge in [0.05, 0.1) is 6.17 Å².